The van der Waals surface area contributed by atoms with Gasteiger partial charge < -0.3 is 9.88 Å². The molecule has 2 aromatic carbocycles. The first-order valence-electron chi connectivity index (χ1n) is 9.14. The van der Waals surface area contributed by atoms with Gasteiger partial charge in [0.05, 0.1) is 17.7 Å². The molecule has 32 heavy (non-hydrogen) atoms. The van der Waals surface area contributed by atoms with Crippen molar-refractivity contribution in [3.63, 3.8) is 0 Å². The van der Waals surface area contributed by atoms with Crippen LogP contribution in [0.15, 0.2) is 41.3 Å². The van der Waals surface area contributed by atoms with Crippen LogP contribution < -0.4 is 10.9 Å². The average molecular weight is 485 g/mol. The number of hydrogen-bond donors (Lipinski definition) is 1. The maximum absolute atomic E-state index is 13.0. The first-order chi connectivity index (χ1) is 14.8. The van der Waals surface area contributed by atoms with Crippen molar-refractivity contribution >= 4 is 43.8 Å². The molecule has 0 atom stereocenters. The fraction of sp³-hybridized carbons (Fsp3) is 0.238. The molecule has 0 aliphatic rings. The van der Waals surface area contributed by atoms with Gasteiger partial charge in [-0.15, -0.1) is 0 Å². The third-order valence-electron chi connectivity index (χ3n) is 4.54. The summed E-state index contributed by atoms with van der Waals surface area (Å²) in [5.41, 5.74) is -1.31. The Morgan fingerprint density at radius 1 is 1.19 bits per heavy atom. The molecule has 168 valence electrons. The molecule has 11 heteroatoms. The van der Waals surface area contributed by atoms with E-state index in [0.717, 1.165) is 12.3 Å². The second-order valence-electron chi connectivity index (χ2n) is 7.08. The summed E-state index contributed by atoms with van der Waals surface area (Å²) < 4.78 is 63.0. The Hall–Kier alpha value is -3.03. The number of halogens is 4. The van der Waals surface area contributed by atoms with Crippen LogP contribution in [0.3, 0.4) is 0 Å². The number of nitrogens with zero attached hydrogens (tertiary/aromatic N) is 1. The van der Waals surface area contributed by atoms with Crippen LogP contribution in [0.5, 0.6) is 0 Å². The van der Waals surface area contributed by atoms with Gasteiger partial charge in [-0.05, 0) is 30.3 Å². The molecule has 1 heterocycles. The molecule has 6 nitrogen and oxygen atoms in total. The van der Waals surface area contributed by atoms with Crippen LogP contribution in [0.25, 0.3) is 10.8 Å². The summed E-state index contributed by atoms with van der Waals surface area (Å²) in [7, 11) is -3.26. The number of alkyl halides is 3. The molecule has 0 spiro atoms. The molecule has 3 aromatic rings. The highest BCUT2D eigenvalue weighted by atomic mass is 35.5. The third kappa shape index (κ3) is 5.60. The van der Waals surface area contributed by atoms with Gasteiger partial charge in [-0.2, -0.15) is 13.2 Å². The van der Waals surface area contributed by atoms with Crippen LogP contribution >= 0.6 is 11.6 Å². The summed E-state index contributed by atoms with van der Waals surface area (Å²) in [4.78, 5) is 25.1. The molecule has 1 N–H and O–H groups in total. The van der Waals surface area contributed by atoms with E-state index >= 15 is 0 Å². The number of carbonyl (C=O) groups is 1. The molecule has 1 aromatic heterocycles. The Morgan fingerprint density at radius 2 is 1.91 bits per heavy atom. The number of benzene rings is 1. The summed E-state index contributed by atoms with van der Waals surface area (Å²) in [5.74, 6) is -0.831. The monoisotopic (exact) mass is 484 g/mol. The predicted octanol–water partition coefficient (Wildman–Crippen LogP) is 3.50. The number of anilines is 1. The molecule has 1 amide bonds. The smallest absolute Gasteiger partial charge is 0.325 e. The molecule has 3 rings (SSSR count). The van der Waals surface area contributed by atoms with Crippen molar-refractivity contribution < 1.29 is 26.4 Å². The summed E-state index contributed by atoms with van der Waals surface area (Å²) in [5, 5.41) is 2.60. The average Bonchev–Trinajstić information content (AvgIpc) is 2.68. The van der Waals surface area contributed by atoms with Crippen molar-refractivity contribution in [3.05, 3.63) is 75.2 Å². The van der Waals surface area contributed by atoms with Gasteiger partial charge in [0, 0.05) is 41.0 Å². The Morgan fingerprint density at radius 3 is 2.56 bits per heavy atom. The van der Waals surface area contributed by atoms with Gasteiger partial charge in [0.25, 0.3) is 5.56 Å². The quantitative estimate of drug-likeness (QED) is 0.580. The van der Waals surface area contributed by atoms with Crippen LogP contribution in [0.4, 0.5) is 18.9 Å². The van der Waals surface area contributed by atoms with Crippen molar-refractivity contribution in [2.45, 2.75) is 19.1 Å². The predicted molar refractivity (Wildman–Crippen MR) is 114 cm³/mol. The summed E-state index contributed by atoms with van der Waals surface area (Å²) in [6, 6.07) is 11.5. The zero-order valence-electron chi connectivity index (χ0n) is 16.6. The lowest BCUT2D eigenvalue weighted by Gasteiger charge is -2.11. The molecule has 0 saturated heterocycles. The number of nitrogens with one attached hydrogen (secondary N) is 1. The molecule has 0 aliphatic carbocycles. The van der Waals surface area contributed by atoms with E-state index in [1.807, 2.05) is 0 Å². The van der Waals surface area contributed by atoms with Crippen LogP contribution in [-0.4, -0.2) is 30.9 Å². The van der Waals surface area contributed by atoms with Gasteiger partial charge in [-0.25, -0.2) is 8.42 Å². The number of fused-ring (bicyclic) bond motifs is 1. The number of hydrogen-bond acceptors (Lipinski definition) is 4. The number of sulfone groups is 1. The molecule has 0 saturated carbocycles. The number of carbonyl (C=O) groups excluding carboxylic acids is 1. The first-order valence-corrected chi connectivity index (χ1v) is 11.6. The van der Waals surface area contributed by atoms with Crippen LogP contribution in [0, 0.1) is 12.1 Å². The van der Waals surface area contributed by atoms with Gasteiger partial charge >= 0.3 is 6.18 Å². The first kappa shape index (κ1) is 23.6. The number of rotatable bonds is 6. The minimum Gasteiger partial charge on any atom is -0.325 e. The lowest BCUT2D eigenvalue weighted by atomic mass is 10.1. The molecule has 0 fully saturated rings. The third-order valence-corrected chi connectivity index (χ3v) is 5.76. The van der Waals surface area contributed by atoms with Crippen molar-refractivity contribution in [1.82, 2.24) is 4.57 Å². The zero-order chi connectivity index (χ0) is 23.7. The fourth-order valence-electron chi connectivity index (χ4n) is 3.01. The lowest BCUT2D eigenvalue weighted by Crippen LogP contribution is -2.23. The van der Waals surface area contributed by atoms with E-state index in [4.69, 9.17) is 11.6 Å². The van der Waals surface area contributed by atoms with E-state index in [1.54, 1.807) is 12.1 Å². The Bertz CT molecular complexity index is 1350. The van der Waals surface area contributed by atoms with Crippen molar-refractivity contribution in [2.75, 3.05) is 17.3 Å². The van der Waals surface area contributed by atoms with Gasteiger partial charge in [0.15, 0.2) is 0 Å². The second-order valence-corrected chi connectivity index (χ2v) is 9.72. The topological polar surface area (TPSA) is 85.2 Å². The molecule has 0 radical (unpaired) electrons. The zero-order valence-corrected chi connectivity index (χ0v) is 18.2. The number of aryl methyl sites for hydroxylation is 1. The molecule has 0 bridgehead atoms. The van der Waals surface area contributed by atoms with E-state index in [2.05, 4.69) is 17.4 Å². The Kier molecular flexibility index (Phi) is 6.53. The van der Waals surface area contributed by atoms with Gasteiger partial charge in [0.1, 0.15) is 14.9 Å². The summed E-state index contributed by atoms with van der Waals surface area (Å²) in [6.07, 6.45) is -2.62. The Balaban J connectivity index is 1.84. The summed E-state index contributed by atoms with van der Waals surface area (Å²) >= 11 is 5.52. The number of pyridine rings is 1. The van der Waals surface area contributed by atoms with E-state index in [1.165, 1.54) is 22.9 Å². The standard InChI is InChI=1S/C21H16ClF3N2O4S/c1-32(30,31)10-9-27-8-7-14-15(20(27)29)3-2-4-18(14)26-19(28)12-13-5-6-17(22)16(11-13)21(23,24)25/h2-4,7-8,11H,9-10,12H2,1H3,(H,26,28). The maximum atomic E-state index is 13.0. The van der Waals surface area contributed by atoms with Crippen LogP contribution in [0.2, 0.25) is 5.02 Å². The normalized spacial score (nSPS) is 11.9. The van der Waals surface area contributed by atoms with Crippen LogP contribution in [0.1, 0.15) is 11.1 Å². The molecular formula is C21H16ClF3N2O4S. The highest BCUT2D eigenvalue weighted by molar-refractivity contribution is 7.90. The van der Waals surface area contributed by atoms with E-state index in [-0.39, 0.29) is 28.9 Å². The minimum absolute atomic E-state index is 0.0192. The fourth-order valence-corrected chi connectivity index (χ4v) is 3.75. The summed E-state index contributed by atoms with van der Waals surface area (Å²) in [6.45, 7) is -0.0192. The van der Waals surface area contributed by atoms with Crippen molar-refractivity contribution in [3.8, 4) is 0 Å². The molecular weight excluding hydrogens is 469 g/mol. The van der Waals surface area contributed by atoms with E-state index < -0.39 is 44.5 Å². The van der Waals surface area contributed by atoms with Crippen LogP contribution in [-0.2, 0) is 33.8 Å². The highest BCUT2D eigenvalue weighted by Crippen LogP contribution is 2.34. The largest absolute Gasteiger partial charge is 0.418 e. The van der Waals surface area contributed by atoms with Crippen molar-refractivity contribution in [1.29, 1.82) is 0 Å². The highest BCUT2D eigenvalue weighted by Gasteiger charge is 2.33. The lowest BCUT2D eigenvalue weighted by molar-refractivity contribution is -0.137. The number of amides is 1. The number of aromatic nitrogens is 1. The SMILES string of the molecule is CS(=O)(=O)CCn1ccc2c(NC(=O)Cc3c#cc(Cl)c(C(F)(F)F)c3)cccc2c1=O. The van der Waals surface area contributed by atoms with E-state index in [9.17, 15) is 31.2 Å². The Labute approximate surface area is 186 Å². The maximum Gasteiger partial charge on any atom is 0.418 e. The molecule has 0 unspecified atom stereocenters. The molecule has 0 aliphatic heterocycles. The minimum atomic E-state index is -4.69. The van der Waals surface area contributed by atoms with E-state index in [0.29, 0.717) is 5.39 Å². The van der Waals surface area contributed by atoms with Gasteiger partial charge in [-0.1, -0.05) is 23.7 Å². The van der Waals surface area contributed by atoms with Gasteiger partial charge in [0.2, 0.25) is 5.91 Å². The van der Waals surface area contributed by atoms with Gasteiger partial charge in [-0.3, -0.25) is 9.59 Å². The second kappa shape index (κ2) is 8.84. The van der Waals surface area contributed by atoms with Crippen molar-refractivity contribution in [2.24, 2.45) is 0 Å².